The molecule has 76 valence electrons. The second kappa shape index (κ2) is 11.0. The van der Waals surface area contributed by atoms with Gasteiger partial charge in [0.1, 0.15) is 0 Å². The molecule has 0 bridgehead atoms. The van der Waals surface area contributed by atoms with Gasteiger partial charge in [0, 0.05) is 19.8 Å². The summed E-state index contributed by atoms with van der Waals surface area (Å²) in [4.78, 5) is 2.08. The molecule has 2 nitrogen and oxygen atoms in total. The van der Waals surface area contributed by atoms with Crippen molar-refractivity contribution in [1.29, 1.82) is 0 Å². The molecule has 3 N–H and O–H groups in total. The summed E-state index contributed by atoms with van der Waals surface area (Å²) in [5.74, 6) is 0. The van der Waals surface area contributed by atoms with Gasteiger partial charge in [-0.2, -0.15) is 0 Å². The van der Waals surface area contributed by atoms with E-state index in [1.54, 1.807) is 7.05 Å². The van der Waals surface area contributed by atoms with Crippen LogP contribution in [0.3, 0.4) is 0 Å². The van der Waals surface area contributed by atoms with Crippen LogP contribution in [0.25, 0.3) is 0 Å². The van der Waals surface area contributed by atoms with Crippen LogP contribution in [0.15, 0.2) is 30.3 Å². The minimum absolute atomic E-state index is 1.25. The highest BCUT2D eigenvalue weighted by atomic mass is 15.1. The van der Waals surface area contributed by atoms with Crippen LogP contribution < -0.4 is 10.6 Å². The van der Waals surface area contributed by atoms with Gasteiger partial charge in [-0.15, -0.1) is 0 Å². The fourth-order valence-corrected chi connectivity index (χ4v) is 0.726. The Morgan fingerprint density at radius 2 is 1.31 bits per heavy atom. The Bertz CT molecular complexity index is 171. The Balaban J connectivity index is 0. The molecular weight excluding hydrogens is 160 g/mol. The molecule has 13 heavy (non-hydrogen) atoms. The molecule has 0 saturated heterocycles. The zero-order valence-corrected chi connectivity index (χ0v) is 9.54. The smallest absolute Gasteiger partial charge is 0.0634 e. The molecule has 0 aliphatic carbocycles. The first-order valence-corrected chi connectivity index (χ1v) is 4.74. The van der Waals surface area contributed by atoms with Gasteiger partial charge in [-0.25, -0.2) is 0 Å². The molecule has 0 amide bonds. The number of rotatable bonds is 1. The summed E-state index contributed by atoms with van der Waals surface area (Å²) in [7, 11) is 5.82. The maximum Gasteiger partial charge on any atom is 0.0634 e. The largest absolute Gasteiger partial charge is 0.378 e. The number of quaternary nitrogens is 1. The third-order valence-electron chi connectivity index (χ3n) is 1.27. The van der Waals surface area contributed by atoms with Crippen LogP contribution in [-0.2, 0) is 0 Å². The lowest BCUT2D eigenvalue weighted by atomic mass is 10.3. The summed E-state index contributed by atoms with van der Waals surface area (Å²) >= 11 is 0. The molecule has 0 unspecified atom stereocenters. The van der Waals surface area contributed by atoms with E-state index in [0.29, 0.717) is 0 Å². The van der Waals surface area contributed by atoms with E-state index in [0.717, 1.165) is 0 Å². The minimum Gasteiger partial charge on any atom is -0.378 e. The summed E-state index contributed by atoms with van der Waals surface area (Å²) in [6, 6.07) is 10.3. The lowest BCUT2D eigenvalue weighted by molar-refractivity contribution is -0.325. The van der Waals surface area contributed by atoms with Gasteiger partial charge in [0.25, 0.3) is 0 Å². The van der Waals surface area contributed by atoms with Crippen molar-refractivity contribution >= 4 is 5.69 Å². The summed E-state index contributed by atoms with van der Waals surface area (Å²) in [5.41, 5.74) is 4.50. The first-order valence-electron chi connectivity index (χ1n) is 4.74. The summed E-state index contributed by atoms with van der Waals surface area (Å²) in [6.07, 6.45) is 0. The van der Waals surface area contributed by atoms with Crippen LogP contribution in [0.5, 0.6) is 0 Å². The first-order chi connectivity index (χ1) is 6.30. The molecule has 0 heterocycles. The fourth-order valence-electron chi connectivity index (χ4n) is 0.726. The average Bonchev–Trinajstić information content (AvgIpc) is 2.25. The molecule has 1 aromatic carbocycles. The van der Waals surface area contributed by atoms with Gasteiger partial charge >= 0.3 is 0 Å². The summed E-state index contributed by atoms with van der Waals surface area (Å²) < 4.78 is 0. The van der Waals surface area contributed by atoms with Crippen LogP contribution in [0.4, 0.5) is 5.69 Å². The van der Waals surface area contributed by atoms with E-state index in [1.807, 2.05) is 46.1 Å². The number of para-hydroxylation sites is 1. The zero-order valence-electron chi connectivity index (χ0n) is 9.54. The fraction of sp³-hybridized carbons (Fsp3) is 0.455. The molecule has 0 saturated carbocycles. The second-order valence-corrected chi connectivity index (χ2v) is 2.23. The predicted molar refractivity (Wildman–Crippen MR) is 60.9 cm³/mol. The molecule has 0 aliphatic heterocycles. The van der Waals surface area contributed by atoms with Crippen molar-refractivity contribution in [1.82, 2.24) is 0 Å². The molecule has 0 radical (unpaired) electrons. The Morgan fingerprint density at radius 3 is 1.54 bits per heavy atom. The van der Waals surface area contributed by atoms with Gasteiger partial charge in [0.15, 0.2) is 0 Å². The van der Waals surface area contributed by atoms with Crippen LogP contribution in [0.2, 0.25) is 0 Å². The third kappa shape index (κ3) is 7.34. The topological polar surface area (TPSA) is 30.9 Å². The Morgan fingerprint density at radius 1 is 0.923 bits per heavy atom. The van der Waals surface area contributed by atoms with Gasteiger partial charge in [-0.05, 0) is 12.1 Å². The second-order valence-electron chi connectivity index (χ2n) is 2.23. The van der Waals surface area contributed by atoms with E-state index in [1.165, 1.54) is 5.69 Å². The van der Waals surface area contributed by atoms with Gasteiger partial charge in [-0.1, -0.05) is 32.0 Å². The molecule has 2 heteroatoms. The molecule has 0 aromatic heterocycles. The highest BCUT2D eigenvalue weighted by Crippen LogP contribution is 2.07. The molecule has 0 fully saturated rings. The van der Waals surface area contributed by atoms with Gasteiger partial charge < -0.3 is 10.6 Å². The van der Waals surface area contributed by atoms with E-state index < -0.39 is 0 Å². The van der Waals surface area contributed by atoms with Crippen molar-refractivity contribution in [2.75, 3.05) is 26.0 Å². The Labute approximate surface area is 82.4 Å². The van der Waals surface area contributed by atoms with Crippen LogP contribution in [0.1, 0.15) is 13.8 Å². The predicted octanol–water partition coefficient (Wildman–Crippen LogP) is 1.64. The molecule has 0 aliphatic rings. The molecule has 1 rings (SSSR count). The van der Waals surface area contributed by atoms with E-state index in [-0.39, 0.29) is 0 Å². The van der Waals surface area contributed by atoms with Crippen molar-refractivity contribution in [3.8, 4) is 0 Å². The van der Waals surface area contributed by atoms with Crippen LogP contribution in [-0.4, -0.2) is 21.1 Å². The van der Waals surface area contributed by atoms with Gasteiger partial charge in [-0.3, -0.25) is 0 Å². The standard InChI is InChI=1S/C8H11N.C2H6.CH5N/c1-9(2)8-6-4-3-5-7-8;2*1-2/h3-7H,1-2H3;1-2H3;2H2,1H3/p+1. The highest BCUT2D eigenvalue weighted by molar-refractivity contribution is 5.43. The summed E-state index contributed by atoms with van der Waals surface area (Å²) in [5, 5.41) is 0. The maximum atomic E-state index is 3.25. The zero-order chi connectivity index (χ0) is 10.7. The molecular formula is C11H23N2+. The molecule has 0 atom stereocenters. The van der Waals surface area contributed by atoms with Crippen molar-refractivity contribution in [3.05, 3.63) is 30.3 Å². The number of benzene rings is 1. The lowest BCUT2D eigenvalue weighted by Crippen LogP contribution is -2.40. The highest BCUT2D eigenvalue weighted by Gasteiger charge is 1.87. The monoisotopic (exact) mass is 183 g/mol. The number of hydrogen-bond acceptors (Lipinski definition) is 1. The molecule has 0 spiro atoms. The quantitative estimate of drug-likeness (QED) is 0.705. The van der Waals surface area contributed by atoms with Crippen molar-refractivity contribution in [2.45, 2.75) is 13.8 Å². The molecule has 1 aromatic rings. The van der Waals surface area contributed by atoms with E-state index in [2.05, 4.69) is 22.8 Å². The number of nitrogens with zero attached hydrogens (tertiary/aromatic N) is 1. The Hall–Kier alpha value is -1.02. The van der Waals surface area contributed by atoms with Crippen molar-refractivity contribution in [2.24, 2.45) is 0 Å². The normalized spacial score (nSPS) is 7.23. The van der Waals surface area contributed by atoms with E-state index >= 15 is 0 Å². The van der Waals surface area contributed by atoms with Gasteiger partial charge in [0.05, 0.1) is 7.05 Å². The minimum atomic E-state index is 1.25. The Kier molecular flexibility index (Phi) is 12.2. The van der Waals surface area contributed by atoms with Crippen LogP contribution >= 0.6 is 0 Å². The van der Waals surface area contributed by atoms with Crippen LogP contribution in [0, 0.1) is 0 Å². The van der Waals surface area contributed by atoms with E-state index in [4.69, 9.17) is 0 Å². The third-order valence-corrected chi connectivity index (χ3v) is 1.27. The lowest BCUT2D eigenvalue weighted by Gasteiger charge is -2.10. The van der Waals surface area contributed by atoms with E-state index in [9.17, 15) is 0 Å². The number of anilines is 1. The SMILES string of the molecule is CC.CN(C)c1ccccc1.C[NH3+]. The maximum absolute atomic E-state index is 3.25. The number of hydrogen-bond donors (Lipinski definition) is 1. The summed E-state index contributed by atoms with van der Waals surface area (Å²) in [6.45, 7) is 4.00. The average molecular weight is 183 g/mol. The van der Waals surface area contributed by atoms with Gasteiger partial charge in [0.2, 0.25) is 0 Å². The van der Waals surface area contributed by atoms with Crippen molar-refractivity contribution in [3.63, 3.8) is 0 Å². The van der Waals surface area contributed by atoms with Crippen molar-refractivity contribution < 1.29 is 5.73 Å². The first kappa shape index (κ1) is 14.5.